The molecule has 0 unspecified atom stereocenters. The van der Waals surface area contributed by atoms with E-state index in [-0.39, 0.29) is 57.9 Å². The van der Waals surface area contributed by atoms with Crippen LogP contribution in [0.25, 0.3) is 28.0 Å². The summed E-state index contributed by atoms with van der Waals surface area (Å²) in [6, 6.07) is 3.07. The molecule has 0 aliphatic carbocycles. The summed E-state index contributed by atoms with van der Waals surface area (Å²) in [6.07, 6.45) is 4.74. The summed E-state index contributed by atoms with van der Waals surface area (Å²) in [7, 11) is 0. The number of phenols is 1. The number of benzene rings is 1. The Hall–Kier alpha value is -4.11. The minimum absolute atomic E-state index is 0.00883. The van der Waals surface area contributed by atoms with Gasteiger partial charge in [0.05, 0.1) is 33.7 Å². The van der Waals surface area contributed by atoms with Gasteiger partial charge >= 0.3 is 0 Å². The van der Waals surface area contributed by atoms with Crippen molar-refractivity contribution in [3.05, 3.63) is 79.2 Å². The molecule has 1 saturated heterocycles. The van der Waals surface area contributed by atoms with Gasteiger partial charge in [0.1, 0.15) is 33.1 Å². The second kappa shape index (κ2) is 12.4. The summed E-state index contributed by atoms with van der Waals surface area (Å²) in [4.78, 5) is 34.6. The van der Waals surface area contributed by atoms with E-state index in [0.29, 0.717) is 24.4 Å². The molecule has 1 aromatic carbocycles. The molecule has 0 spiro atoms. The second-order valence-corrected chi connectivity index (χ2v) is 12.1. The molecule has 1 atom stereocenters. The van der Waals surface area contributed by atoms with Crippen molar-refractivity contribution in [3.8, 4) is 23.1 Å². The predicted molar refractivity (Wildman–Crippen MR) is 172 cm³/mol. The van der Waals surface area contributed by atoms with Gasteiger partial charge in [-0.1, -0.05) is 55.2 Å². The number of aromatic nitrogens is 2. The molecule has 3 aromatic rings. The number of pyridine rings is 2. The van der Waals surface area contributed by atoms with Crippen molar-refractivity contribution in [2.24, 2.45) is 5.92 Å². The number of phenolic OH excluding ortho intramolecular Hbond substituents is 1. The highest BCUT2D eigenvalue weighted by molar-refractivity contribution is 6.37. The lowest BCUT2D eigenvalue weighted by Crippen LogP contribution is -2.49. The summed E-state index contributed by atoms with van der Waals surface area (Å²) in [5.41, 5.74) is -0.473. The fraction of sp³-hybridized carbons (Fsp3) is 0.290. The number of hydrogen-bond acceptors (Lipinski definition) is 7. The Morgan fingerprint density at radius 2 is 1.87 bits per heavy atom. The molecule has 1 amide bonds. The highest BCUT2D eigenvalue weighted by Gasteiger charge is 2.33. The number of piperazine rings is 1. The van der Waals surface area contributed by atoms with E-state index in [0.717, 1.165) is 0 Å². The fourth-order valence-electron chi connectivity index (χ4n) is 5.72. The SMILES string of the molecule is C=CC(=O)N1CCN(c2c(C#N)c(=O)n(C3=C(C)C=CN[C@@H]3C(C)C)c3nc(-c4c(O)c(Cl)c(F)c(Cl)c4F)c(Cl)cc23)CC1. The number of rotatable bonds is 5. The van der Waals surface area contributed by atoms with Crippen molar-refractivity contribution in [3.63, 3.8) is 0 Å². The van der Waals surface area contributed by atoms with Gasteiger partial charge in [-0.3, -0.25) is 14.2 Å². The van der Waals surface area contributed by atoms with Crippen molar-refractivity contribution in [2.45, 2.75) is 26.8 Å². The molecule has 0 bridgehead atoms. The van der Waals surface area contributed by atoms with Crippen LogP contribution < -0.4 is 15.8 Å². The van der Waals surface area contributed by atoms with Crippen LogP contribution in [0.3, 0.4) is 0 Å². The maximum absolute atomic E-state index is 15.5. The molecule has 2 aromatic heterocycles. The standard InChI is InChI=1S/C31H27Cl3F2N6O3/c1-5-19(43)40-8-10-41(11-9-40)28-16-12-18(32)26(20-23(35)21(33)24(36)22(34)29(20)44)39-30(16)42(31(45)17(28)13-37)27-15(4)6-7-38-25(27)14(2)3/h5-7,12,14,25,38,44H,1,8-11H2,2-4H3/t25-/m1/s1. The van der Waals surface area contributed by atoms with Crippen LogP contribution in [0.2, 0.25) is 15.1 Å². The number of fused-ring (bicyclic) bond motifs is 1. The van der Waals surface area contributed by atoms with Gasteiger partial charge in [0.2, 0.25) is 5.91 Å². The lowest BCUT2D eigenvalue weighted by atomic mass is 9.94. The molecule has 0 saturated carbocycles. The number of aromatic hydroxyl groups is 1. The number of anilines is 1. The summed E-state index contributed by atoms with van der Waals surface area (Å²) < 4.78 is 31.2. The van der Waals surface area contributed by atoms with Crippen LogP contribution in [0.5, 0.6) is 5.75 Å². The maximum atomic E-state index is 15.5. The smallest absolute Gasteiger partial charge is 0.276 e. The Morgan fingerprint density at radius 1 is 1.20 bits per heavy atom. The molecule has 2 N–H and O–H groups in total. The number of nitriles is 1. The molecule has 45 heavy (non-hydrogen) atoms. The molecule has 5 rings (SSSR count). The molecule has 4 heterocycles. The molecule has 14 heteroatoms. The molecular formula is C31H27Cl3F2N6O3. The predicted octanol–water partition coefficient (Wildman–Crippen LogP) is 6.09. The zero-order valence-corrected chi connectivity index (χ0v) is 26.7. The second-order valence-electron chi connectivity index (χ2n) is 11.0. The molecule has 0 radical (unpaired) electrons. The number of carbonyl (C=O) groups is 1. The highest BCUT2D eigenvalue weighted by atomic mass is 35.5. The lowest BCUT2D eigenvalue weighted by Gasteiger charge is -2.37. The molecule has 234 valence electrons. The summed E-state index contributed by atoms with van der Waals surface area (Å²) in [6.45, 7) is 10.4. The van der Waals surface area contributed by atoms with E-state index in [1.807, 2.05) is 13.8 Å². The summed E-state index contributed by atoms with van der Waals surface area (Å²) in [5, 5.41) is 22.6. The zero-order valence-electron chi connectivity index (χ0n) is 24.4. The Morgan fingerprint density at radius 3 is 2.47 bits per heavy atom. The van der Waals surface area contributed by atoms with Crippen LogP contribution in [0, 0.1) is 28.9 Å². The number of hydrogen-bond donors (Lipinski definition) is 2. The third-order valence-electron chi connectivity index (χ3n) is 7.96. The van der Waals surface area contributed by atoms with E-state index >= 15 is 4.39 Å². The number of nitrogens with one attached hydrogen (secondary N) is 1. The average molecular weight is 676 g/mol. The maximum Gasteiger partial charge on any atom is 0.276 e. The van der Waals surface area contributed by atoms with Crippen LogP contribution in [0.1, 0.15) is 26.3 Å². The number of dihydropyridines is 1. The topological polar surface area (TPSA) is 114 Å². The number of carbonyl (C=O) groups excluding carboxylic acids is 1. The van der Waals surface area contributed by atoms with Crippen molar-refractivity contribution < 1.29 is 18.7 Å². The van der Waals surface area contributed by atoms with Crippen LogP contribution >= 0.6 is 34.8 Å². The number of allylic oxidation sites excluding steroid dienone is 2. The van der Waals surface area contributed by atoms with Crippen LogP contribution in [0.4, 0.5) is 14.5 Å². The molecule has 2 aliphatic heterocycles. The summed E-state index contributed by atoms with van der Waals surface area (Å²) in [5.74, 6) is -3.98. The van der Waals surface area contributed by atoms with Gasteiger partial charge in [-0.25, -0.2) is 13.8 Å². The minimum atomic E-state index is -1.36. The van der Waals surface area contributed by atoms with E-state index in [1.165, 1.54) is 16.7 Å². The van der Waals surface area contributed by atoms with Crippen molar-refractivity contribution in [1.29, 1.82) is 5.26 Å². The van der Waals surface area contributed by atoms with Gasteiger partial charge < -0.3 is 20.2 Å². The van der Waals surface area contributed by atoms with Gasteiger partial charge in [0, 0.05) is 31.6 Å². The first-order valence-corrected chi connectivity index (χ1v) is 15.0. The van der Waals surface area contributed by atoms with Crippen molar-refractivity contribution in [2.75, 3.05) is 31.1 Å². The first-order valence-electron chi connectivity index (χ1n) is 13.9. The van der Waals surface area contributed by atoms with Gasteiger partial charge in [0.25, 0.3) is 5.56 Å². The number of nitrogens with zero attached hydrogens (tertiary/aromatic N) is 5. The monoisotopic (exact) mass is 674 g/mol. The Balaban J connectivity index is 1.90. The Labute approximate surface area is 272 Å². The normalized spacial score (nSPS) is 16.8. The third-order valence-corrected chi connectivity index (χ3v) is 8.93. The molecule has 9 nitrogen and oxygen atoms in total. The third kappa shape index (κ3) is 5.31. The Kier molecular flexibility index (Phi) is 8.86. The fourth-order valence-corrected chi connectivity index (χ4v) is 6.39. The van der Waals surface area contributed by atoms with Gasteiger partial charge in [-0.15, -0.1) is 0 Å². The minimum Gasteiger partial charge on any atom is -0.505 e. The van der Waals surface area contributed by atoms with E-state index in [1.54, 1.807) is 29.0 Å². The average Bonchev–Trinajstić information content (AvgIpc) is 3.02. The van der Waals surface area contributed by atoms with Crippen LogP contribution in [-0.2, 0) is 4.79 Å². The summed E-state index contributed by atoms with van der Waals surface area (Å²) >= 11 is 18.5. The lowest BCUT2D eigenvalue weighted by molar-refractivity contribution is -0.126. The first kappa shape index (κ1) is 32.3. The zero-order chi connectivity index (χ0) is 32.9. The Bertz CT molecular complexity index is 1910. The molecule has 1 fully saturated rings. The van der Waals surface area contributed by atoms with E-state index < -0.39 is 44.6 Å². The van der Waals surface area contributed by atoms with Crippen LogP contribution in [0.15, 0.2) is 41.4 Å². The van der Waals surface area contributed by atoms with Gasteiger partial charge in [-0.2, -0.15) is 5.26 Å². The first-order chi connectivity index (χ1) is 21.3. The van der Waals surface area contributed by atoms with Crippen molar-refractivity contribution >= 4 is 63.1 Å². The van der Waals surface area contributed by atoms with Crippen LogP contribution in [-0.4, -0.2) is 57.7 Å². The highest BCUT2D eigenvalue weighted by Crippen LogP contribution is 2.46. The van der Waals surface area contributed by atoms with Gasteiger partial charge in [0.15, 0.2) is 11.6 Å². The van der Waals surface area contributed by atoms with Crippen molar-refractivity contribution in [1.82, 2.24) is 19.8 Å². The van der Waals surface area contributed by atoms with E-state index in [9.17, 15) is 24.3 Å². The molecule has 2 aliphatic rings. The van der Waals surface area contributed by atoms with E-state index in [4.69, 9.17) is 34.8 Å². The van der Waals surface area contributed by atoms with Gasteiger partial charge in [-0.05, 0) is 42.8 Å². The quantitative estimate of drug-likeness (QED) is 0.191. The van der Waals surface area contributed by atoms with E-state index in [2.05, 4.69) is 22.9 Å². The largest absolute Gasteiger partial charge is 0.505 e. The number of amides is 1. The molecular weight excluding hydrogens is 649 g/mol. The number of halogens is 5.